The molecule has 1 aliphatic heterocycles. The normalized spacial score (nSPS) is 17.4. The van der Waals surface area contributed by atoms with Crippen LogP contribution in [0.4, 0.5) is 5.69 Å². The number of carbonyl (C=O) groups is 1. The molecule has 1 atom stereocenters. The first-order valence-electron chi connectivity index (χ1n) is 9.74. The number of anilines is 1. The van der Waals surface area contributed by atoms with Gasteiger partial charge in [-0.1, -0.05) is 13.8 Å². The monoisotopic (exact) mass is 379 g/mol. The summed E-state index contributed by atoms with van der Waals surface area (Å²) >= 11 is 1.69. The highest BCUT2D eigenvalue weighted by molar-refractivity contribution is 7.17. The summed E-state index contributed by atoms with van der Waals surface area (Å²) in [6.07, 6.45) is 7.43. The molecule has 1 saturated heterocycles. The van der Waals surface area contributed by atoms with E-state index in [1.165, 1.54) is 18.4 Å². The van der Waals surface area contributed by atoms with Gasteiger partial charge in [-0.3, -0.25) is 9.78 Å². The van der Waals surface area contributed by atoms with Crippen molar-refractivity contribution < 1.29 is 4.79 Å². The highest BCUT2D eigenvalue weighted by Crippen LogP contribution is 2.28. The second-order valence-electron chi connectivity index (χ2n) is 7.46. The van der Waals surface area contributed by atoms with Gasteiger partial charge in [0.25, 0.3) is 0 Å². The summed E-state index contributed by atoms with van der Waals surface area (Å²) < 4.78 is 1.15. The number of aromatic nitrogens is 2. The number of nitrogens with zero attached hydrogens (tertiary/aromatic N) is 3. The van der Waals surface area contributed by atoms with Crippen molar-refractivity contribution in [2.24, 2.45) is 5.92 Å². The minimum absolute atomic E-state index is 0.0597. The largest absolute Gasteiger partial charge is 0.371 e. The molecule has 0 saturated carbocycles. The Bertz CT molecular complexity index is 965. The first-order valence-corrected chi connectivity index (χ1v) is 10.6. The van der Waals surface area contributed by atoms with Crippen LogP contribution in [0, 0.1) is 5.92 Å². The second-order valence-corrected chi connectivity index (χ2v) is 8.37. The maximum Gasteiger partial charge on any atom is 0.185 e. The summed E-state index contributed by atoms with van der Waals surface area (Å²) in [7, 11) is 0. The molecule has 4 rings (SSSR count). The van der Waals surface area contributed by atoms with E-state index in [-0.39, 0.29) is 5.78 Å². The van der Waals surface area contributed by atoms with Crippen LogP contribution in [0.3, 0.4) is 0 Å². The zero-order valence-corrected chi connectivity index (χ0v) is 16.8. The predicted molar refractivity (Wildman–Crippen MR) is 112 cm³/mol. The Balaban J connectivity index is 1.60. The van der Waals surface area contributed by atoms with E-state index in [1.54, 1.807) is 11.3 Å². The third-order valence-corrected chi connectivity index (χ3v) is 6.37. The molecule has 0 radical (unpaired) electrons. The van der Waals surface area contributed by atoms with E-state index in [4.69, 9.17) is 0 Å². The lowest BCUT2D eigenvalue weighted by molar-refractivity contribution is 0.0988. The van der Waals surface area contributed by atoms with Crippen LogP contribution in [-0.4, -0.2) is 28.8 Å². The zero-order chi connectivity index (χ0) is 18.8. The molecular formula is C22H25N3OS. The molecule has 3 aromatic heterocycles. The van der Waals surface area contributed by atoms with Crippen LogP contribution in [0.5, 0.6) is 0 Å². The fourth-order valence-electron chi connectivity index (χ4n) is 3.90. The molecule has 0 N–H and O–H groups in total. The molecule has 0 unspecified atom stereocenters. The number of thiophene rings is 1. The molecule has 140 valence electrons. The fourth-order valence-corrected chi connectivity index (χ4v) is 4.89. The van der Waals surface area contributed by atoms with Crippen molar-refractivity contribution in [3.8, 4) is 0 Å². The van der Waals surface area contributed by atoms with Gasteiger partial charge < -0.3 is 4.90 Å². The summed E-state index contributed by atoms with van der Waals surface area (Å²) in [5, 5.41) is 2.14. The Morgan fingerprint density at radius 2 is 2.19 bits per heavy atom. The lowest BCUT2D eigenvalue weighted by atomic mass is 9.98. The Labute approximate surface area is 164 Å². The minimum atomic E-state index is 0.0597. The van der Waals surface area contributed by atoms with Crippen LogP contribution in [0.2, 0.25) is 0 Å². The molecular weight excluding hydrogens is 354 g/mol. The van der Waals surface area contributed by atoms with Gasteiger partial charge in [0.05, 0.1) is 10.2 Å². The highest BCUT2D eigenvalue weighted by Gasteiger charge is 2.21. The average Bonchev–Trinajstić information content (AvgIpc) is 3.10. The molecule has 0 bridgehead atoms. The van der Waals surface area contributed by atoms with Crippen molar-refractivity contribution in [3.63, 3.8) is 0 Å². The molecule has 1 fully saturated rings. The quantitative estimate of drug-likeness (QED) is 0.591. The van der Waals surface area contributed by atoms with E-state index in [9.17, 15) is 4.79 Å². The molecule has 5 heteroatoms. The topological polar surface area (TPSA) is 46.1 Å². The van der Waals surface area contributed by atoms with Crippen LogP contribution in [0.25, 0.3) is 10.2 Å². The molecule has 0 aliphatic carbocycles. The lowest BCUT2D eigenvalue weighted by Gasteiger charge is -2.34. The maximum atomic E-state index is 13.0. The third-order valence-electron chi connectivity index (χ3n) is 5.38. The number of aryl methyl sites for hydroxylation is 1. The Morgan fingerprint density at radius 1 is 1.30 bits per heavy atom. The molecule has 27 heavy (non-hydrogen) atoms. The van der Waals surface area contributed by atoms with Gasteiger partial charge in [0.1, 0.15) is 5.69 Å². The number of pyridine rings is 2. The maximum absolute atomic E-state index is 13.0. The van der Waals surface area contributed by atoms with E-state index >= 15 is 0 Å². The summed E-state index contributed by atoms with van der Waals surface area (Å²) in [6, 6.07) is 5.93. The summed E-state index contributed by atoms with van der Waals surface area (Å²) in [6.45, 7) is 6.52. The van der Waals surface area contributed by atoms with Gasteiger partial charge in [-0.15, -0.1) is 11.3 Å². The van der Waals surface area contributed by atoms with Crippen molar-refractivity contribution in [1.82, 2.24) is 9.97 Å². The van der Waals surface area contributed by atoms with E-state index in [0.717, 1.165) is 41.0 Å². The molecule has 1 aliphatic rings. The van der Waals surface area contributed by atoms with Gasteiger partial charge in [0.15, 0.2) is 5.78 Å². The Hall–Kier alpha value is -2.27. The number of ketones is 1. The van der Waals surface area contributed by atoms with E-state index in [2.05, 4.69) is 34.1 Å². The molecule has 0 amide bonds. The summed E-state index contributed by atoms with van der Waals surface area (Å²) in [4.78, 5) is 24.3. The van der Waals surface area contributed by atoms with Crippen LogP contribution in [0.1, 0.15) is 48.3 Å². The van der Waals surface area contributed by atoms with Gasteiger partial charge in [0, 0.05) is 43.2 Å². The third kappa shape index (κ3) is 3.74. The number of rotatable bonds is 5. The molecule has 0 spiro atoms. The van der Waals surface area contributed by atoms with Gasteiger partial charge in [-0.2, -0.15) is 0 Å². The summed E-state index contributed by atoms with van der Waals surface area (Å²) in [5.41, 5.74) is 4.89. The van der Waals surface area contributed by atoms with Gasteiger partial charge in [0.2, 0.25) is 0 Å². The highest BCUT2D eigenvalue weighted by atomic mass is 32.1. The SMILES string of the molecule is CCc1csc2ccc(C(=O)Cc3cnccc3N3CCC[C@H](C)C3)nc12. The number of hydrogen-bond acceptors (Lipinski definition) is 5. The van der Waals surface area contributed by atoms with Gasteiger partial charge >= 0.3 is 0 Å². The van der Waals surface area contributed by atoms with Crippen molar-refractivity contribution in [1.29, 1.82) is 0 Å². The average molecular weight is 380 g/mol. The first kappa shape index (κ1) is 18.1. The number of fused-ring (bicyclic) bond motifs is 1. The van der Waals surface area contributed by atoms with Crippen LogP contribution < -0.4 is 4.90 Å². The number of piperidine rings is 1. The molecule has 4 nitrogen and oxygen atoms in total. The molecule has 3 aromatic rings. The molecule has 4 heterocycles. The number of hydrogen-bond donors (Lipinski definition) is 0. The van der Waals surface area contributed by atoms with E-state index < -0.39 is 0 Å². The van der Waals surface area contributed by atoms with Crippen LogP contribution in [-0.2, 0) is 12.8 Å². The van der Waals surface area contributed by atoms with Gasteiger partial charge in [-0.05, 0) is 54.3 Å². The number of carbonyl (C=O) groups excluding carboxylic acids is 1. The first-order chi connectivity index (χ1) is 13.2. The lowest BCUT2D eigenvalue weighted by Crippen LogP contribution is -2.35. The standard InChI is InChI=1S/C22H25N3OS/c1-3-16-14-27-21-7-6-18(24-22(16)21)20(26)11-17-12-23-9-8-19(17)25-10-4-5-15(2)13-25/h6-9,12,14-15H,3-5,10-11,13H2,1-2H3/t15-/m0/s1. The van der Waals surface area contributed by atoms with E-state index in [0.29, 0.717) is 18.0 Å². The van der Waals surface area contributed by atoms with Gasteiger partial charge in [-0.25, -0.2) is 4.98 Å². The second kappa shape index (κ2) is 7.77. The van der Waals surface area contributed by atoms with E-state index in [1.807, 2.05) is 30.6 Å². The Kier molecular flexibility index (Phi) is 5.21. The zero-order valence-electron chi connectivity index (χ0n) is 15.9. The number of Topliss-reactive ketones (excluding diaryl/α,β-unsaturated/α-hetero) is 1. The smallest absolute Gasteiger partial charge is 0.185 e. The Morgan fingerprint density at radius 3 is 3.00 bits per heavy atom. The van der Waals surface area contributed by atoms with Crippen LogP contribution in [0.15, 0.2) is 36.0 Å². The predicted octanol–water partition coefficient (Wildman–Crippen LogP) is 4.92. The van der Waals surface area contributed by atoms with Crippen molar-refractivity contribution in [3.05, 3.63) is 52.8 Å². The minimum Gasteiger partial charge on any atom is -0.371 e. The van der Waals surface area contributed by atoms with Crippen LogP contribution >= 0.6 is 11.3 Å². The van der Waals surface area contributed by atoms with Crippen molar-refractivity contribution >= 4 is 33.0 Å². The fraction of sp³-hybridized carbons (Fsp3) is 0.409. The molecule has 0 aromatic carbocycles. The van der Waals surface area contributed by atoms with Crippen molar-refractivity contribution in [2.45, 2.75) is 39.5 Å². The summed E-state index contributed by atoms with van der Waals surface area (Å²) in [5.74, 6) is 0.745. The van der Waals surface area contributed by atoms with Crippen molar-refractivity contribution in [2.75, 3.05) is 18.0 Å².